The van der Waals surface area contributed by atoms with E-state index >= 15 is 0 Å². The minimum atomic E-state index is -4.38. The number of aromatic nitrogens is 2. The summed E-state index contributed by atoms with van der Waals surface area (Å²) in [5, 5.41) is 4.87. The first kappa shape index (κ1) is 19.1. The van der Waals surface area contributed by atoms with Gasteiger partial charge in [0.1, 0.15) is 5.75 Å². The maximum atomic E-state index is 12.2. The van der Waals surface area contributed by atoms with E-state index in [4.69, 9.17) is 11.6 Å². The van der Waals surface area contributed by atoms with E-state index in [1.807, 2.05) is 25.3 Å². The molecule has 2 N–H and O–H groups in total. The number of ether oxygens (including phenoxy) is 1. The van der Waals surface area contributed by atoms with Crippen LogP contribution in [-0.2, 0) is 0 Å². The molecule has 27 heavy (non-hydrogen) atoms. The second kappa shape index (κ2) is 7.52. The molecule has 0 amide bonds. The van der Waals surface area contributed by atoms with Crippen molar-refractivity contribution < 1.29 is 17.9 Å². The van der Waals surface area contributed by atoms with E-state index in [0.29, 0.717) is 16.4 Å². The first-order chi connectivity index (χ1) is 12.7. The summed E-state index contributed by atoms with van der Waals surface area (Å²) in [6, 6.07) is 8.42. The van der Waals surface area contributed by atoms with Gasteiger partial charge in [-0.15, -0.1) is 0 Å². The van der Waals surface area contributed by atoms with Crippen molar-refractivity contribution in [3.8, 4) is 5.75 Å². The minimum Gasteiger partial charge on any atom is -0.483 e. The topological polar surface area (TPSA) is 49.9 Å². The zero-order valence-corrected chi connectivity index (χ0v) is 15.2. The van der Waals surface area contributed by atoms with Crippen molar-refractivity contribution >= 4 is 28.2 Å². The summed E-state index contributed by atoms with van der Waals surface area (Å²) in [5.41, 5.74) is 3.14. The smallest absolute Gasteiger partial charge is 0.422 e. The molecule has 0 radical (unpaired) electrons. The van der Waals surface area contributed by atoms with Crippen molar-refractivity contribution in [2.24, 2.45) is 0 Å². The summed E-state index contributed by atoms with van der Waals surface area (Å²) >= 11 is 5.99. The van der Waals surface area contributed by atoms with Gasteiger partial charge in [0.15, 0.2) is 6.61 Å². The molecule has 0 fully saturated rings. The SMILES string of the molecule is C=C(N[C@H](C)c1ccc(OCC(F)(F)F)cn1)c1c[nH]c2cc(Cl)ccc12. The quantitative estimate of drug-likeness (QED) is 0.581. The molecule has 142 valence electrons. The minimum absolute atomic E-state index is 0.0654. The molecule has 2 aromatic heterocycles. The lowest BCUT2D eigenvalue weighted by atomic mass is 10.1. The van der Waals surface area contributed by atoms with Crippen LogP contribution in [0.2, 0.25) is 5.02 Å². The Bertz CT molecular complexity index is 951. The van der Waals surface area contributed by atoms with Gasteiger partial charge >= 0.3 is 6.18 Å². The summed E-state index contributed by atoms with van der Waals surface area (Å²) in [5.74, 6) is 0.0654. The van der Waals surface area contributed by atoms with Crippen LogP contribution in [0, 0.1) is 0 Å². The molecule has 2 heterocycles. The van der Waals surface area contributed by atoms with E-state index in [-0.39, 0.29) is 11.8 Å². The van der Waals surface area contributed by atoms with Crippen LogP contribution < -0.4 is 10.1 Å². The number of pyridine rings is 1. The third kappa shape index (κ3) is 4.74. The third-order valence-electron chi connectivity index (χ3n) is 3.97. The predicted octanol–water partition coefficient (Wildman–Crippen LogP) is 5.48. The first-order valence-electron chi connectivity index (χ1n) is 8.11. The number of rotatable bonds is 6. The molecular weight excluding hydrogens is 379 g/mol. The number of alkyl halides is 3. The summed E-state index contributed by atoms with van der Waals surface area (Å²) < 4.78 is 41.2. The zero-order valence-electron chi connectivity index (χ0n) is 14.4. The van der Waals surface area contributed by atoms with Crippen LogP contribution in [0.1, 0.15) is 24.2 Å². The van der Waals surface area contributed by atoms with Gasteiger partial charge in [0.05, 0.1) is 17.9 Å². The number of hydrogen-bond donors (Lipinski definition) is 2. The van der Waals surface area contributed by atoms with Crippen molar-refractivity contribution in [3.05, 3.63) is 65.6 Å². The van der Waals surface area contributed by atoms with Gasteiger partial charge in [-0.2, -0.15) is 13.2 Å². The average molecular weight is 396 g/mol. The summed E-state index contributed by atoms with van der Waals surface area (Å²) in [6.07, 6.45) is -1.27. The number of nitrogens with zero attached hydrogens (tertiary/aromatic N) is 1. The van der Waals surface area contributed by atoms with Crippen LogP contribution in [-0.4, -0.2) is 22.8 Å². The Morgan fingerprint density at radius 3 is 2.78 bits per heavy atom. The molecule has 0 unspecified atom stereocenters. The molecular formula is C19H17ClF3N3O. The Labute approximate surface area is 159 Å². The molecule has 3 aromatic rings. The van der Waals surface area contributed by atoms with Crippen LogP contribution in [0.4, 0.5) is 13.2 Å². The number of hydrogen-bond acceptors (Lipinski definition) is 3. The van der Waals surface area contributed by atoms with E-state index in [2.05, 4.69) is 26.6 Å². The highest BCUT2D eigenvalue weighted by atomic mass is 35.5. The summed E-state index contributed by atoms with van der Waals surface area (Å²) in [7, 11) is 0. The van der Waals surface area contributed by atoms with Crippen molar-refractivity contribution in [3.63, 3.8) is 0 Å². The first-order valence-corrected chi connectivity index (χ1v) is 8.49. The fourth-order valence-corrected chi connectivity index (χ4v) is 2.83. The molecule has 0 saturated carbocycles. The molecule has 0 aliphatic rings. The number of halogens is 4. The summed E-state index contributed by atoms with van der Waals surface area (Å²) in [6.45, 7) is 4.61. The molecule has 1 atom stereocenters. The van der Waals surface area contributed by atoms with Gasteiger partial charge in [0.2, 0.25) is 0 Å². The van der Waals surface area contributed by atoms with Crippen LogP contribution in [0.15, 0.2) is 49.3 Å². The van der Waals surface area contributed by atoms with E-state index in [1.54, 1.807) is 12.1 Å². The summed E-state index contributed by atoms with van der Waals surface area (Å²) in [4.78, 5) is 7.31. The maximum absolute atomic E-state index is 12.2. The van der Waals surface area contributed by atoms with Crippen molar-refractivity contribution in [1.29, 1.82) is 0 Å². The van der Waals surface area contributed by atoms with Crippen molar-refractivity contribution in [2.45, 2.75) is 19.1 Å². The number of H-pyrrole nitrogens is 1. The number of aromatic amines is 1. The van der Waals surface area contributed by atoms with Gasteiger partial charge in [-0.25, -0.2) is 0 Å². The normalized spacial score (nSPS) is 12.8. The van der Waals surface area contributed by atoms with Gasteiger partial charge in [0.25, 0.3) is 0 Å². The zero-order chi connectivity index (χ0) is 19.6. The monoisotopic (exact) mass is 395 g/mol. The van der Waals surface area contributed by atoms with Crippen LogP contribution in [0.5, 0.6) is 5.75 Å². The molecule has 0 saturated heterocycles. The maximum Gasteiger partial charge on any atom is 0.422 e. The Morgan fingerprint density at radius 1 is 1.33 bits per heavy atom. The Balaban J connectivity index is 1.67. The molecule has 1 aromatic carbocycles. The standard InChI is InChI=1S/C19H17ClF3N3O/c1-11(16-9-25-18-7-13(20)3-5-15(16)18)26-12(2)17-6-4-14(8-24-17)27-10-19(21,22)23/h3-9,12,25-26H,1,10H2,2H3/t12-/m1/s1. The van der Waals surface area contributed by atoms with Gasteiger partial charge in [-0.05, 0) is 31.2 Å². The molecule has 4 nitrogen and oxygen atoms in total. The molecule has 0 aliphatic heterocycles. The van der Waals surface area contributed by atoms with Crippen molar-refractivity contribution in [2.75, 3.05) is 6.61 Å². The highest BCUT2D eigenvalue weighted by Crippen LogP contribution is 2.27. The Hall–Kier alpha value is -2.67. The lowest BCUT2D eigenvalue weighted by Crippen LogP contribution is -2.20. The van der Waals surface area contributed by atoms with E-state index in [0.717, 1.165) is 16.5 Å². The molecule has 0 aliphatic carbocycles. The van der Waals surface area contributed by atoms with Gasteiger partial charge in [-0.1, -0.05) is 24.2 Å². The second-order valence-corrected chi connectivity index (χ2v) is 6.50. The van der Waals surface area contributed by atoms with Crippen LogP contribution >= 0.6 is 11.6 Å². The number of fused-ring (bicyclic) bond motifs is 1. The third-order valence-corrected chi connectivity index (χ3v) is 4.20. The van der Waals surface area contributed by atoms with E-state index in [9.17, 15) is 13.2 Å². The average Bonchev–Trinajstić information content (AvgIpc) is 3.02. The fourth-order valence-electron chi connectivity index (χ4n) is 2.66. The second-order valence-electron chi connectivity index (χ2n) is 6.06. The van der Waals surface area contributed by atoms with Crippen molar-refractivity contribution in [1.82, 2.24) is 15.3 Å². The number of nitrogens with one attached hydrogen (secondary N) is 2. The van der Waals surface area contributed by atoms with Crippen LogP contribution in [0.25, 0.3) is 16.6 Å². The van der Waals surface area contributed by atoms with Gasteiger partial charge < -0.3 is 15.0 Å². The number of benzene rings is 1. The largest absolute Gasteiger partial charge is 0.483 e. The fraction of sp³-hybridized carbons (Fsp3) is 0.211. The van der Waals surface area contributed by atoms with Gasteiger partial charge in [0, 0.05) is 33.4 Å². The Morgan fingerprint density at radius 2 is 2.11 bits per heavy atom. The molecule has 0 bridgehead atoms. The van der Waals surface area contributed by atoms with Crippen LogP contribution in [0.3, 0.4) is 0 Å². The molecule has 3 rings (SSSR count). The predicted molar refractivity (Wildman–Crippen MR) is 99.7 cm³/mol. The van der Waals surface area contributed by atoms with E-state index in [1.165, 1.54) is 12.3 Å². The lowest BCUT2D eigenvalue weighted by Gasteiger charge is -2.17. The Kier molecular flexibility index (Phi) is 5.32. The highest BCUT2D eigenvalue weighted by molar-refractivity contribution is 6.31. The molecule has 0 spiro atoms. The highest BCUT2D eigenvalue weighted by Gasteiger charge is 2.28. The lowest BCUT2D eigenvalue weighted by molar-refractivity contribution is -0.153. The molecule has 8 heteroatoms. The van der Waals surface area contributed by atoms with Gasteiger partial charge in [-0.3, -0.25) is 4.98 Å². The van der Waals surface area contributed by atoms with E-state index < -0.39 is 12.8 Å².